The molecule has 0 atom stereocenters. The molecule has 0 unspecified atom stereocenters. The molecule has 0 heterocycles. The number of nitrogens with zero attached hydrogens (tertiary/aromatic N) is 1. The highest BCUT2D eigenvalue weighted by Gasteiger charge is 2.04. The van der Waals surface area contributed by atoms with Crippen molar-refractivity contribution in [2.75, 3.05) is 0 Å². The van der Waals surface area contributed by atoms with Crippen molar-refractivity contribution >= 4 is 23.7 Å². The van der Waals surface area contributed by atoms with Gasteiger partial charge in [-0.05, 0) is 12.1 Å². The summed E-state index contributed by atoms with van der Waals surface area (Å²) in [5, 5.41) is 9.77. The van der Waals surface area contributed by atoms with Crippen molar-refractivity contribution in [3.05, 3.63) is 77.9 Å². The van der Waals surface area contributed by atoms with Gasteiger partial charge in [0.05, 0.1) is 6.21 Å². The molecule has 0 aromatic heterocycles. The quantitative estimate of drug-likeness (QED) is 0.531. The maximum absolute atomic E-state index is 11.7. The molecule has 0 radical (unpaired) electrons. The number of aliphatic hydroxyl groups is 1. The summed E-state index contributed by atoms with van der Waals surface area (Å²) < 4.78 is 0. The number of carbonyl (C=O) groups excluding carboxylic acids is 2. The highest BCUT2D eigenvalue weighted by molar-refractivity contribution is 6.35. The number of benzene rings is 2. The molecule has 0 aliphatic heterocycles. The van der Waals surface area contributed by atoms with Crippen LogP contribution in [0.4, 0.5) is 0 Å². The van der Waals surface area contributed by atoms with Crippen LogP contribution in [0.1, 0.15) is 15.9 Å². The molecular weight excluding hydrogens is 266 g/mol. The van der Waals surface area contributed by atoms with Gasteiger partial charge in [0, 0.05) is 17.2 Å². The van der Waals surface area contributed by atoms with Gasteiger partial charge in [0.1, 0.15) is 5.76 Å². The average molecular weight is 279 g/mol. The van der Waals surface area contributed by atoms with Crippen LogP contribution in [-0.2, 0) is 4.79 Å². The van der Waals surface area contributed by atoms with E-state index in [1.807, 2.05) is 0 Å². The van der Waals surface area contributed by atoms with Gasteiger partial charge in [-0.3, -0.25) is 9.59 Å². The van der Waals surface area contributed by atoms with E-state index in [4.69, 9.17) is 0 Å². The highest BCUT2D eigenvalue weighted by Crippen LogP contribution is 2.09. The normalized spacial score (nSPS) is 11.5. The van der Waals surface area contributed by atoms with Gasteiger partial charge in [-0.2, -0.15) is 0 Å². The molecule has 4 heteroatoms. The molecule has 104 valence electrons. The highest BCUT2D eigenvalue weighted by atomic mass is 16.3. The molecule has 0 aliphatic carbocycles. The molecule has 1 amide bonds. The van der Waals surface area contributed by atoms with Crippen molar-refractivity contribution in [1.29, 1.82) is 0 Å². The van der Waals surface area contributed by atoms with Gasteiger partial charge < -0.3 is 5.11 Å². The fourth-order valence-electron chi connectivity index (χ4n) is 1.64. The number of aliphatic imine (C=N–C) groups is 1. The van der Waals surface area contributed by atoms with E-state index in [0.717, 1.165) is 12.3 Å². The van der Waals surface area contributed by atoms with Crippen LogP contribution < -0.4 is 0 Å². The first kappa shape index (κ1) is 14.4. The maximum atomic E-state index is 11.7. The topological polar surface area (TPSA) is 66.7 Å². The molecule has 21 heavy (non-hydrogen) atoms. The van der Waals surface area contributed by atoms with E-state index in [-0.39, 0.29) is 5.76 Å². The van der Waals surface area contributed by atoms with Crippen molar-refractivity contribution in [3.63, 3.8) is 0 Å². The molecule has 2 aromatic rings. The molecule has 2 aromatic carbocycles. The zero-order chi connectivity index (χ0) is 15.1. The lowest BCUT2D eigenvalue weighted by Gasteiger charge is -1.97. The lowest BCUT2D eigenvalue weighted by Crippen LogP contribution is -2.01. The summed E-state index contributed by atoms with van der Waals surface area (Å²) >= 11 is 0. The Morgan fingerprint density at radius 1 is 0.857 bits per heavy atom. The molecule has 0 spiro atoms. The van der Waals surface area contributed by atoms with Crippen molar-refractivity contribution in [2.45, 2.75) is 0 Å². The fourth-order valence-corrected chi connectivity index (χ4v) is 1.64. The minimum atomic E-state index is -0.555. The number of ketones is 1. The third-order valence-corrected chi connectivity index (χ3v) is 2.68. The number of allylic oxidation sites excluding steroid dienone is 1. The zero-order valence-corrected chi connectivity index (χ0v) is 11.1. The van der Waals surface area contributed by atoms with Crippen LogP contribution in [0.2, 0.25) is 0 Å². The summed E-state index contributed by atoms with van der Waals surface area (Å²) in [5.74, 6) is -1.23. The smallest absolute Gasteiger partial charge is 0.277 e. The summed E-state index contributed by atoms with van der Waals surface area (Å²) in [6.07, 6.45) is 1.92. The van der Waals surface area contributed by atoms with Crippen molar-refractivity contribution in [1.82, 2.24) is 0 Å². The first-order valence-electron chi connectivity index (χ1n) is 6.30. The van der Waals surface area contributed by atoms with E-state index in [1.54, 1.807) is 60.7 Å². The zero-order valence-electron chi connectivity index (χ0n) is 11.1. The predicted octanol–water partition coefficient (Wildman–Crippen LogP) is 3.07. The number of rotatable bonds is 4. The minimum Gasteiger partial charge on any atom is -0.507 e. The number of carbonyl (C=O) groups is 2. The number of hydrogen-bond donors (Lipinski definition) is 1. The van der Waals surface area contributed by atoms with Gasteiger partial charge in [-0.25, -0.2) is 4.99 Å². The molecule has 0 saturated carbocycles. The van der Waals surface area contributed by atoms with E-state index in [0.29, 0.717) is 11.1 Å². The molecule has 4 nitrogen and oxygen atoms in total. The van der Waals surface area contributed by atoms with Gasteiger partial charge in [0.2, 0.25) is 5.78 Å². The molecule has 0 saturated heterocycles. The first-order valence-corrected chi connectivity index (χ1v) is 6.30. The number of amides is 1. The Bertz CT molecular complexity index is 688. The lowest BCUT2D eigenvalue weighted by atomic mass is 10.1. The Hall–Kier alpha value is -3.01. The number of hydrogen-bond acceptors (Lipinski definition) is 3. The SMILES string of the molecule is O=C(C=NC(=O)c1ccccc1)/C=C(\O)c1ccccc1. The predicted molar refractivity (Wildman–Crippen MR) is 81.3 cm³/mol. The van der Waals surface area contributed by atoms with Gasteiger partial charge in [0.25, 0.3) is 5.91 Å². The maximum Gasteiger partial charge on any atom is 0.277 e. The molecule has 0 fully saturated rings. The molecular formula is C17H13NO3. The van der Waals surface area contributed by atoms with Crippen molar-refractivity contribution in [2.24, 2.45) is 4.99 Å². The Kier molecular flexibility index (Phi) is 4.77. The summed E-state index contributed by atoms with van der Waals surface area (Å²) in [6.45, 7) is 0. The lowest BCUT2D eigenvalue weighted by molar-refractivity contribution is -0.108. The Balaban J connectivity index is 2.05. The second-order valence-corrected chi connectivity index (χ2v) is 4.23. The third kappa shape index (κ3) is 4.24. The van der Waals surface area contributed by atoms with Crippen LogP contribution in [0, 0.1) is 0 Å². The molecule has 1 N–H and O–H groups in total. The van der Waals surface area contributed by atoms with E-state index >= 15 is 0 Å². The largest absolute Gasteiger partial charge is 0.507 e. The molecule has 0 bridgehead atoms. The Morgan fingerprint density at radius 3 is 1.95 bits per heavy atom. The van der Waals surface area contributed by atoms with Crippen LogP contribution in [0.5, 0.6) is 0 Å². The van der Waals surface area contributed by atoms with E-state index in [9.17, 15) is 14.7 Å². The molecule has 2 rings (SSSR count). The third-order valence-electron chi connectivity index (χ3n) is 2.68. The van der Waals surface area contributed by atoms with Gasteiger partial charge in [0.15, 0.2) is 0 Å². The first-order chi connectivity index (χ1) is 10.2. The second-order valence-electron chi connectivity index (χ2n) is 4.23. The van der Waals surface area contributed by atoms with Crippen LogP contribution >= 0.6 is 0 Å². The van der Waals surface area contributed by atoms with Crippen LogP contribution in [-0.4, -0.2) is 23.0 Å². The average Bonchev–Trinajstić information content (AvgIpc) is 2.54. The summed E-state index contributed by atoms with van der Waals surface area (Å²) in [6, 6.07) is 17.1. The Morgan fingerprint density at radius 2 is 1.38 bits per heavy atom. The summed E-state index contributed by atoms with van der Waals surface area (Å²) in [4.78, 5) is 26.9. The Labute approximate surface area is 122 Å². The standard InChI is InChI=1S/C17H13NO3/c19-15(11-16(20)13-7-3-1-4-8-13)12-18-17(21)14-9-5-2-6-10-14/h1-12,20H/b16-11-,18-12?. The molecule has 0 aliphatic rings. The fraction of sp³-hybridized carbons (Fsp3) is 0. The van der Waals surface area contributed by atoms with Gasteiger partial charge >= 0.3 is 0 Å². The monoisotopic (exact) mass is 279 g/mol. The van der Waals surface area contributed by atoms with E-state index in [1.165, 1.54) is 0 Å². The summed E-state index contributed by atoms with van der Waals surface area (Å²) in [7, 11) is 0. The van der Waals surface area contributed by atoms with Gasteiger partial charge in [-0.15, -0.1) is 0 Å². The number of aliphatic hydroxyl groups excluding tert-OH is 1. The van der Waals surface area contributed by atoms with Crippen molar-refractivity contribution < 1.29 is 14.7 Å². The van der Waals surface area contributed by atoms with Crippen LogP contribution in [0.15, 0.2) is 71.7 Å². The van der Waals surface area contributed by atoms with Crippen LogP contribution in [0.25, 0.3) is 5.76 Å². The van der Waals surface area contributed by atoms with E-state index < -0.39 is 11.7 Å². The van der Waals surface area contributed by atoms with Gasteiger partial charge in [-0.1, -0.05) is 48.5 Å². The minimum absolute atomic E-state index is 0.167. The van der Waals surface area contributed by atoms with Crippen LogP contribution in [0.3, 0.4) is 0 Å². The van der Waals surface area contributed by atoms with Crippen molar-refractivity contribution in [3.8, 4) is 0 Å². The summed E-state index contributed by atoms with van der Waals surface area (Å²) in [5.41, 5.74) is 0.923. The second kappa shape index (κ2) is 6.96. The van der Waals surface area contributed by atoms with E-state index in [2.05, 4.69) is 4.99 Å².